The Labute approximate surface area is 98.2 Å². The van der Waals surface area contributed by atoms with Crippen LogP contribution in [0.3, 0.4) is 0 Å². The van der Waals surface area contributed by atoms with Crippen molar-refractivity contribution in [1.82, 2.24) is 5.32 Å². The van der Waals surface area contributed by atoms with Gasteiger partial charge in [0.25, 0.3) is 5.91 Å². The van der Waals surface area contributed by atoms with Crippen LogP contribution in [-0.2, 0) is 0 Å². The molecule has 1 aromatic carbocycles. The summed E-state index contributed by atoms with van der Waals surface area (Å²) in [6.07, 6.45) is 2.49. The fourth-order valence-corrected chi connectivity index (χ4v) is 2.11. The van der Waals surface area contributed by atoms with Crippen LogP contribution in [0.4, 0.5) is 0 Å². The fraction of sp³-hybridized carbons (Fsp3) is 0.417. The van der Waals surface area contributed by atoms with Crippen molar-refractivity contribution in [2.45, 2.75) is 25.8 Å². The molecule has 80 valence electrons. The Balaban J connectivity index is 2.04. The third-order valence-corrected chi connectivity index (χ3v) is 3.50. The van der Waals surface area contributed by atoms with Gasteiger partial charge in [0.15, 0.2) is 0 Å². The van der Waals surface area contributed by atoms with Gasteiger partial charge in [0, 0.05) is 10.5 Å². The van der Waals surface area contributed by atoms with Gasteiger partial charge in [-0.1, -0.05) is 12.1 Å². The van der Waals surface area contributed by atoms with Crippen molar-refractivity contribution < 1.29 is 4.79 Å². The largest absolute Gasteiger partial charge is 0.349 e. The average Bonchev–Trinajstić information content (AvgIpc) is 3.01. The summed E-state index contributed by atoms with van der Waals surface area (Å²) in [6.45, 7) is 2.08. The zero-order valence-electron chi connectivity index (χ0n) is 8.66. The Morgan fingerprint density at radius 2 is 2.13 bits per heavy atom. The van der Waals surface area contributed by atoms with Crippen LogP contribution in [0.15, 0.2) is 28.7 Å². The molecule has 15 heavy (non-hydrogen) atoms. The average molecular weight is 268 g/mol. The first-order valence-electron chi connectivity index (χ1n) is 5.24. The minimum Gasteiger partial charge on any atom is -0.349 e. The van der Waals surface area contributed by atoms with E-state index in [9.17, 15) is 4.79 Å². The maximum atomic E-state index is 11.9. The summed E-state index contributed by atoms with van der Waals surface area (Å²) in [5.74, 6) is 0.707. The third-order valence-electron chi connectivity index (χ3n) is 2.81. The van der Waals surface area contributed by atoms with E-state index in [1.54, 1.807) is 0 Å². The predicted molar refractivity (Wildman–Crippen MR) is 63.8 cm³/mol. The molecule has 3 heteroatoms. The molecule has 1 fully saturated rings. The number of benzene rings is 1. The molecule has 1 N–H and O–H groups in total. The maximum absolute atomic E-state index is 11.9. The van der Waals surface area contributed by atoms with E-state index >= 15 is 0 Å². The molecule has 1 atom stereocenters. The van der Waals surface area contributed by atoms with E-state index < -0.39 is 0 Å². The summed E-state index contributed by atoms with van der Waals surface area (Å²) in [5, 5.41) is 3.03. The standard InChI is InChI=1S/C12H14BrNO/c1-8(9-6-7-9)14-12(15)10-4-2-3-5-11(10)13/h2-5,8-9H,6-7H2,1H3,(H,14,15)/t8-/m0/s1. The molecule has 0 heterocycles. The van der Waals surface area contributed by atoms with Crippen LogP contribution in [0.1, 0.15) is 30.1 Å². The minimum absolute atomic E-state index is 0.0156. The molecule has 0 spiro atoms. The lowest BCUT2D eigenvalue weighted by molar-refractivity contribution is 0.0935. The highest BCUT2D eigenvalue weighted by atomic mass is 79.9. The smallest absolute Gasteiger partial charge is 0.252 e. The van der Waals surface area contributed by atoms with Crippen molar-refractivity contribution in [1.29, 1.82) is 0 Å². The van der Waals surface area contributed by atoms with Crippen molar-refractivity contribution in [3.63, 3.8) is 0 Å². The Morgan fingerprint density at radius 3 is 2.73 bits per heavy atom. The van der Waals surface area contributed by atoms with Crippen molar-refractivity contribution >= 4 is 21.8 Å². The number of carbonyl (C=O) groups is 1. The summed E-state index contributed by atoms with van der Waals surface area (Å²) in [4.78, 5) is 11.9. The molecule has 0 radical (unpaired) electrons. The van der Waals surface area contributed by atoms with E-state index in [-0.39, 0.29) is 5.91 Å². The molecule has 0 bridgehead atoms. The highest BCUT2D eigenvalue weighted by Crippen LogP contribution is 2.32. The SMILES string of the molecule is C[C@H](NC(=O)c1ccccc1Br)C1CC1. The second-order valence-corrected chi connectivity index (χ2v) is 4.93. The van der Waals surface area contributed by atoms with E-state index in [1.807, 2.05) is 24.3 Å². The number of carbonyl (C=O) groups excluding carboxylic acids is 1. The van der Waals surface area contributed by atoms with Gasteiger partial charge in [0.1, 0.15) is 0 Å². The number of rotatable bonds is 3. The zero-order chi connectivity index (χ0) is 10.8. The van der Waals surface area contributed by atoms with Crippen LogP contribution in [0, 0.1) is 5.92 Å². The monoisotopic (exact) mass is 267 g/mol. The first kappa shape index (κ1) is 10.7. The normalized spacial score (nSPS) is 17.2. The number of hydrogen-bond acceptors (Lipinski definition) is 1. The molecule has 1 amide bonds. The number of amides is 1. The topological polar surface area (TPSA) is 29.1 Å². The Hall–Kier alpha value is -0.830. The molecular weight excluding hydrogens is 254 g/mol. The number of nitrogens with one attached hydrogen (secondary N) is 1. The summed E-state index contributed by atoms with van der Waals surface area (Å²) in [7, 11) is 0. The van der Waals surface area contributed by atoms with Gasteiger partial charge in [-0.05, 0) is 53.7 Å². The Bertz CT molecular complexity index is 374. The van der Waals surface area contributed by atoms with Crippen LogP contribution in [0.25, 0.3) is 0 Å². The molecule has 1 aliphatic rings. The molecule has 0 aliphatic heterocycles. The third kappa shape index (κ3) is 2.59. The summed E-state index contributed by atoms with van der Waals surface area (Å²) >= 11 is 3.38. The number of halogens is 1. The number of hydrogen-bond donors (Lipinski definition) is 1. The van der Waals surface area contributed by atoms with Crippen LogP contribution in [0.5, 0.6) is 0 Å². The quantitative estimate of drug-likeness (QED) is 0.897. The lowest BCUT2D eigenvalue weighted by Crippen LogP contribution is -2.34. The van der Waals surface area contributed by atoms with Crippen molar-refractivity contribution in [3.05, 3.63) is 34.3 Å². The van der Waals surface area contributed by atoms with Crippen LogP contribution >= 0.6 is 15.9 Å². The van der Waals surface area contributed by atoms with Gasteiger partial charge >= 0.3 is 0 Å². The first-order valence-corrected chi connectivity index (χ1v) is 6.03. The molecular formula is C12H14BrNO. The highest BCUT2D eigenvalue weighted by molar-refractivity contribution is 9.10. The van der Waals surface area contributed by atoms with Gasteiger partial charge in [0.2, 0.25) is 0 Å². The highest BCUT2D eigenvalue weighted by Gasteiger charge is 2.29. The van der Waals surface area contributed by atoms with E-state index in [0.29, 0.717) is 17.5 Å². The lowest BCUT2D eigenvalue weighted by Gasteiger charge is -2.13. The molecule has 1 aliphatic carbocycles. The Morgan fingerprint density at radius 1 is 1.47 bits per heavy atom. The molecule has 0 unspecified atom stereocenters. The molecule has 0 saturated heterocycles. The van der Waals surface area contributed by atoms with Gasteiger partial charge < -0.3 is 5.32 Å². The van der Waals surface area contributed by atoms with Crippen molar-refractivity contribution in [2.75, 3.05) is 0 Å². The van der Waals surface area contributed by atoms with E-state index in [0.717, 1.165) is 4.47 Å². The fourth-order valence-electron chi connectivity index (χ4n) is 1.64. The van der Waals surface area contributed by atoms with Crippen molar-refractivity contribution in [2.24, 2.45) is 5.92 Å². The second-order valence-electron chi connectivity index (χ2n) is 4.08. The lowest BCUT2D eigenvalue weighted by atomic mass is 10.1. The Kier molecular flexibility index (Phi) is 3.10. The van der Waals surface area contributed by atoms with Crippen molar-refractivity contribution in [3.8, 4) is 0 Å². The van der Waals surface area contributed by atoms with Gasteiger partial charge in [-0.3, -0.25) is 4.79 Å². The molecule has 0 aromatic heterocycles. The minimum atomic E-state index is 0.0156. The van der Waals surface area contributed by atoms with Crippen LogP contribution in [-0.4, -0.2) is 11.9 Å². The van der Waals surface area contributed by atoms with Gasteiger partial charge in [-0.2, -0.15) is 0 Å². The molecule has 1 saturated carbocycles. The summed E-state index contributed by atoms with van der Waals surface area (Å²) < 4.78 is 0.852. The molecule has 2 nitrogen and oxygen atoms in total. The van der Waals surface area contributed by atoms with Crippen LogP contribution in [0.2, 0.25) is 0 Å². The summed E-state index contributed by atoms with van der Waals surface area (Å²) in [6, 6.07) is 7.80. The van der Waals surface area contributed by atoms with Gasteiger partial charge in [0.05, 0.1) is 5.56 Å². The van der Waals surface area contributed by atoms with Gasteiger partial charge in [-0.15, -0.1) is 0 Å². The van der Waals surface area contributed by atoms with E-state index in [2.05, 4.69) is 28.2 Å². The molecule has 2 rings (SSSR count). The summed E-state index contributed by atoms with van der Waals surface area (Å²) in [5.41, 5.74) is 0.713. The maximum Gasteiger partial charge on any atom is 0.252 e. The van der Waals surface area contributed by atoms with E-state index in [4.69, 9.17) is 0 Å². The predicted octanol–water partition coefficient (Wildman–Crippen LogP) is 2.98. The zero-order valence-corrected chi connectivity index (χ0v) is 10.3. The molecule has 1 aromatic rings. The van der Waals surface area contributed by atoms with E-state index in [1.165, 1.54) is 12.8 Å². The second kappa shape index (κ2) is 4.35. The van der Waals surface area contributed by atoms with Crippen LogP contribution < -0.4 is 5.32 Å². The first-order chi connectivity index (χ1) is 7.18. The van der Waals surface area contributed by atoms with Gasteiger partial charge in [-0.25, -0.2) is 0 Å².